The van der Waals surface area contributed by atoms with Gasteiger partial charge in [0.2, 0.25) is 0 Å². The summed E-state index contributed by atoms with van der Waals surface area (Å²) in [7, 11) is 1.83. The fourth-order valence-electron chi connectivity index (χ4n) is 1.63. The molecule has 84 valence electrons. The van der Waals surface area contributed by atoms with Gasteiger partial charge in [-0.15, -0.1) is 0 Å². The Kier molecular flexibility index (Phi) is 2.94. The van der Waals surface area contributed by atoms with Gasteiger partial charge in [-0.25, -0.2) is 4.79 Å². The molecule has 0 bridgehead atoms. The van der Waals surface area contributed by atoms with Gasteiger partial charge in [-0.2, -0.15) is 4.98 Å². The van der Waals surface area contributed by atoms with Crippen molar-refractivity contribution in [1.82, 2.24) is 15.3 Å². The zero-order valence-corrected chi connectivity index (χ0v) is 9.80. The van der Waals surface area contributed by atoms with Crippen LogP contribution in [-0.4, -0.2) is 17.0 Å². The van der Waals surface area contributed by atoms with Gasteiger partial charge in [0.15, 0.2) is 0 Å². The van der Waals surface area contributed by atoms with Crippen LogP contribution in [0.1, 0.15) is 18.7 Å². The molecule has 1 atom stereocenters. The van der Waals surface area contributed by atoms with Crippen molar-refractivity contribution in [2.45, 2.75) is 13.0 Å². The number of hydrogen-bond acceptors (Lipinski definition) is 3. The Morgan fingerprint density at radius 3 is 2.94 bits per heavy atom. The number of nitrogens with zero attached hydrogens (tertiary/aromatic N) is 1. The fourth-order valence-corrected chi connectivity index (χ4v) is 1.80. The number of aromatic amines is 1. The van der Waals surface area contributed by atoms with Crippen LogP contribution in [0.2, 0.25) is 5.02 Å². The molecule has 1 unspecified atom stereocenters. The molecule has 0 amide bonds. The first-order valence-corrected chi connectivity index (χ1v) is 5.36. The lowest BCUT2D eigenvalue weighted by Gasteiger charge is -2.12. The lowest BCUT2D eigenvalue weighted by atomic mass is 10.1. The average Bonchev–Trinajstić information content (AvgIpc) is 2.27. The van der Waals surface area contributed by atoms with Gasteiger partial charge < -0.3 is 10.3 Å². The van der Waals surface area contributed by atoms with Crippen LogP contribution in [0.3, 0.4) is 0 Å². The Morgan fingerprint density at radius 2 is 2.25 bits per heavy atom. The second kappa shape index (κ2) is 4.23. The summed E-state index contributed by atoms with van der Waals surface area (Å²) in [5.74, 6) is 0. The maximum absolute atomic E-state index is 11.4. The van der Waals surface area contributed by atoms with Crippen molar-refractivity contribution in [1.29, 1.82) is 0 Å². The first-order chi connectivity index (χ1) is 7.61. The molecule has 2 rings (SSSR count). The summed E-state index contributed by atoms with van der Waals surface area (Å²) in [6, 6.07) is 5.32. The number of rotatable bonds is 2. The molecule has 1 aromatic heterocycles. The molecule has 2 aromatic rings. The summed E-state index contributed by atoms with van der Waals surface area (Å²) in [5.41, 5.74) is 1.12. The molecule has 0 aliphatic carbocycles. The Labute approximate surface area is 97.7 Å². The van der Waals surface area contributed by atoms with Crippen molar-refractivity contribution in [3.63, 3.8) is 0 Å². The van der Waals surface area contributed by atoms with E-state index in [1.165, 1.54) is 0 Å². The summed E-state index contributed by atoms with van der Waals surface area (Å²) in [5, 5.41) is 4.58. The molecule has 0 aliphatic rings. The van der Waals surface area contributed by atoms with E-state index in [9.17, 15) is 4.79 Å². The Bertz CT molecular complexity index is 579. The van der Waals surface area contributed by atoms with E-state index in [-0.39, 0.29) is 11.7 Å². The molecule has 0 aliphatic heterocycles. The molecular weight excluding hydrogens is 226 g/mol. The Morgan fingerprint density at radius 1 is 1.50 bits per heavy atom. The zero-order chi connectivity index (χ0) is 11.7. The maximum Gasteiger partial charge on any atom is 0.345 e. The third-order valence-corrected chi connectivity index (χ3v) is 2.81. The van der Waals surface area contributed by atoms with Crippen molar-refractivity contribution in [2.24, 2.45) is 0 Å². The molecule has 0 saturated heterocycles. The molecular formula is C11H12ClN3O. The van der Waals surface area contributed by atoms with Crippen molar-refractivity contribution in [3.05, 3.63) is 39.4 Å². The summed E-state index contributed by atoms with van der Waals surface area (Å²) < 4.78 is 0. The second-order valence-corrected chi connectivity index (χ2v) is 4.06. The minimum absolute atomic E-state index is 0.0386. The SMILES string of the molecule is CNC(C)c1[nH]c(=O)nc2ccc(Cl)cc12. The number of H-pyrrole nitrogens is 1. The van der Waals surface area contributed by atoms with E-state index >= 15 is 0 Å². The summed E-state index contributed by atoms with van der Waals surface area (Å²) in [4.78, 5) is 18.0. The van der Waals surface area contributed by atoms with E-state index in [0.29, 0.717) is 10.5 Å². The van der Waals surface area contributed by atoms with Crippen LogP contribution >= 0.6 is 11.6 Å². The third-order valence-electron chi connectivity index (χ3n) is 2.58. The largest absolute Gasteiger partial charge is 0.345 e. The molecule has 1 aromatic carbocycles. The monoisotopic (exact) mass is 237 g/mol. The number of aromatic nitrogens is 2. The molecule has 5 heteroatoms. The third kappa shape index (κ3) is 1.94. The summed E-state index contributed by atoms with van der Waals surface area (Å²) in [6.07, 6.45) is 0. The molecule has 0 saturated carbocycles. The highest BCUT2D eigenvalue weighted by atomic mass is 35.5. The Balaban J connectivity index is 2.79. The van der Waals surface area contributed by atoms with Gasteiger partial charge in [0, 0.05) is 22.1 Å². The number of benzene rings is 1. The molecule has 0 fully saturated rings. The van der Waals surface area contributed by atoms with Crippen LogP contribution in [0.15, 0.2) is 23.0 Å². The Hall–Kier alpha value is -1.39. The van der Waals surface area contributed by atoms with E-state index < -0.39 is 0 Å². The number of halogens is 1. The molecule has 16 heavy (non-hydrogen) atoms. The zero-order valence-electron chi connectivity index (χ0n) is 9.04. The van der Waals surface area contributed by atoms with Gasteiger partial charge in [0.05, 0.1) is 5.52 Å². The first-order valence-electron chi connectivity index (χ1n) is 4.98. The summed E-state index contributed by atoms with van der Waals surface area (Å²) >= 11 is 5.94. The normalized spacial score (nSPS) is 12.9. The minimum Gasteiger partial charge on any atom is -0.312 e. The second-order valence-electron chi connectivity index (χ2n) is 3.63. The number of nitrogens with one attached hydrogen (secondary N) is 2. The predicted molar refractivity (Wildman–Crippen MR) is 64.8 cm³/mol. The van der Waals surface area contributed by atoms with Gasteiger partial charge in [-0.05, 0) is 32.2 Å². The molecule has 0 radical (unpaired) electrons. The quantitative estimate of drug-likeness (QED) is 0.838. The van der Waals surface area contributed by atoms with Gasteiger partial charge in [-0.3, -0.25) is 0 Å². The van der Waals surface area contributed by atoms with Crippen LogP contribution in [0, 0.1) is 0 Å². The lowest BCUT2D eigenvalue weighted by molar-refractivity contribution is 0.634. The fraction of sp³-hybridized carbons (Fsp3) is 0.273. The standard InChI is InChI=1S/C11H12ClN3O/c1-6(13-2)10-8-5-7(12)3-4-9(8)14-11(16)15-10/h3-6,13H,1-2H3,(H,14,15,16). The van der Waals surface area contributed by atoms with Crippen molar-refractivity contribution in [2.75, 3.05) is 7.05 Å². The van der Waals surface area contributed by atoms with Crippen molar-refractivity contribution < 1.29 is 0 Å². The topological polar surface area (TPSA) is 57.8 Å². The van der Waals surface area contributed by atoms with Gasteiger partial charge in [0.25, 0.3) is 0 Å². The van der Waals surface area contributed by atoms with Crippen LogP contribution < -0.4 is 11.0 Å². The van der Waals surface area contributed by atoms with E-state index in [2.05, 4.69) is 15.3 Å². The van der Waals surface area contributed by atoms with Crippen LogP contribution in [0.25, 0.3) is 10.9 Å². The highest BCUT2D eigenvalue weighted by molar-refractivity contribution is 6.31. The maximum atomic E-state index is 11.4. The van der Waals surface area contributed by atoms with Gasteiger partial charge in [-0.1, -0.05) is 11.6 Å². The first kappa shape index (κ1) is 11.1. The number of fused-ring (bicyclic) bond motifs is 1. The van der Waals surface area contributed by atoms with E-state index in [0.717, 1.165) is 11.1 Å². The van der Waals surface area contributed by atoms with Crippen molar-refractivity contribution >= 4 is 22.5 Å². The molecule has 4 nitrogen and oxygen atoms in total. The predicted octanol–water partition coefficient (Wildman–Crippen LogP) is 1.86. The van der Waals surface area contributed by atoms with E-state index in [4.69, 9.17) is 11.6 Å². The van der Waals surface area contributed by atoms with E-state index in [1.54, 1.807) is 12.1 Å². The lowest BCUT2D eigenvalue weighted by Crippen LogP contribution is -2.20. The molecule has 0 spiro atoms. The highest BCUT2D eigenvalue weighted by Crippen LogP contribution is 2.22. The van der Waals surface area contributed by atoms with Crippen LogP contribution in [0.4, 0.5) is 0 Å². The average molecular weight is 238 g/mol. The minimum atomic E-state index is -0.341. The molecule has 1 heterocycles. The molecule has 2 N–H and O–H groups in total. The smallest absolute Gasteiger partial charge is 0.312 e. The van der Waals surface area contributed by atoms with Crippen LogP contribution in [0.5, 0.6) is 0 Å². The summed E-state index contributed by atoms with van der Waals surface area (Å²) in [6.45, 7) is 1.96. The van der Waals surface area contributed by atoms with Crippen LogP contribution in [-0.2, 0) is 0 Å². The number of hydrogen-bond donors (Lipinski definition) is 2. The van der Waals surface area contributed by atoms with E-state index in [1.807, 2.05) is 20.0 Å². The van der Waals surface area contributed by atoms with Gasteiger partial charge in [0.1, 0.15) is 0 Å². The van der Waals surface area contributed by atoms with Gasteiger partial charge >= 0.3 is 5.69 Å². The highest BCUT2D eigenvalue weighted by Gasteiger charge is 2.10. The van der Waals surface area contributed by atoms with Crippen molar-refractivity contribution in [3.8, 4) is 0 Å².